The summed E-state index contributed by atoms with van der Waals surface area (Å²) >= 11 is 2.06. The van der Waals surface area contributed by atoms with Crippen LogP contribution in [0.25, 0.3) is 0 Å². The van der Waals surface area contributed by atoms with Crippen molar-refractivity contribution in [1.82, 2.24) is 9.97 Å². The first-order valence-electron chi connectivity index (χ1n) is 7.06. The van der Waals surface area contributed by atoms with Gasteiger partial charge in [0.05, 0.1) is 0 Å². The molecule has 0 saturated carbocycles. The number of nitrogens with one attached hydrogen (secondary N) is 1. The highest BCUT2D eigenvalue weighted by atomic mass is 32.2. The molecule has 0 amide bonds. The summed E-state index contributed by atoms with van der Waals surface area (Å²) in [5.74, 6) is 2.96. The predicted molar refractivity (Wildman–Crippen MR) is 84.2 cm³/mol. The van der Waals surface area contributed by atoms with Gasteiger partial charge in [0, 0.05) is 36.3 Å². The average molecular weight is 280 g/mol. The van der Waals surface area contributed by atoms with Crippen LogP contribution in [0.3, 0.4) is 0 Å². The van der Waals surface area contributed by atoms with Crippen molar-refractivity contribution < 1.29 is 0 Å². The number of hydrogen-bond donors (Lipinski definition) is 1. The van der Waals surface area contributed by atoms with Crippen LogP contribution in [0.4, 0.5) is 11.8 Å². The number of aromatic nitrogens is 2. The Morgan fingerprint density at radius 1 is 1.42 bits per heavy atom. The SMILES string of the molecule is CCCNc1nccc(N2CCSC(C)(C)CC2)n1. The van der Waals surface area contributed by atoms with Crippen molar-refractivity contribution in [2.45, 2.75) is 38.4 Å². The van der Waals surface area contributed by atoms with Gasteiger partial charge in [-0.05, 0) is 18.9 Å². The first-order valence-corrected chi connectivity index (χ1v) is 8.05. The van der Waals surface area contributed by atoms with Crippen LogP contribution < -0.4 is 10.2 Å². The van der Waals surface area contributed by atoms with Crippen LogP contribution in [-0.4, -0.2) is 40.1 Å². The van der Waals surface area contributed by atoms with Crippen molar-refractivity contribution in [3.05, 3.63) is 12.3 Å². The molecule has 1 aromatic rings. The molecule has 1 aliphatic heterocycles. The summed E-state index contributed by atoms with van der Waals surface area (Å²) < 4.78 is 0.380. The lowest BCUT2D eigenvalue weighted by Gasteiger charge is -2.23. The lowest BCUT2D eigenvalue weighted by Crippen LogP contribution is -2.28. The zero-order valence-electron chi connectivity index (χ0n) is 12.1. The molecule has 0 aliphatic carbocycles. The molecule has 4 nitrogen and oxygen atoms in total. The van der Waals surface area contributed by atoms with E-state index < -0.39 is 0 Å². The molecule has 1 fully saturated rings. The zero-order chi connectivity index (χ0) is 13.7. The molecule has 5 heteroatoms. The molecular formula is C14H24N4S. The van der Waals surface area contributed by atoms with Crippen LogP contribution in [0.1, 0.15) is 33.6 Å². The lowest BCUT2D eigenvalue weighted by molar-refractivity contribution is 0.635. The molecule has 19 heavy (non-hydrogen) atoms. The highest BCUT2D eigenvalue weighted by Crippen LogP contribution is 2.31. The van der Waals surface area contributed by atoms with Crippen molar-refractivity contribution in [3.63, 3.8) is 0 Å². The fourth-order valence-electron chi connectivity index (χ4n) is 2.10. The Hall–Kier alpha value is -0.970. The standard InChI is InChI=1S/C14H24N4S/c1-4-7-15-13-16-8-5-12(17-13)18-9-6-14(2,3)19-11-10-18/h5,8H,4,6-7,9-11H2,1-3H3,(H,15,16,17). The van der Waals surface area contributed by atoms with E-state index in [-0.39, 0.29) is 0 Å². The van der Waals surface area contributed by atoms with Gasteiger partial charge >= 0.3 is 0 Å². The second-order valence-corrected chi connectivity index (χ2v) is 7.31. The van der Waals surface area contributed by atoms with E-state index in [9.17, 15) is 0 Å². The van der Waals surface area contributed by atoms with Crippen LogP contribution in [-0.2, 0) is 0 Å². The Labute approximate surface area is 120 Å². The third-order valence-corrected chi connectivity index (χ3v) is 4.71. The van der Waals surface area contributed by atoms with Crippen molar-refractivity contribution in [2.24, 2.45) is 0 Å². The molecule has 0 aromatic carbocycles. The van der Waals surface area contributed by atoms with E-state index in [0.717, 1.165) is 43.6 Å². The molecule has 1 N–H and O–H groups in total. The second kappa shape index (κ2) is 6.46. The molecular weight excluding hydrogens is 256 g/mol. The molecule has 0 bridgehead atoms. The topological polar surface area (TPSA) is 41.1 Å². The third-order valence-electron chi connectivity index (χ3n) is 3.34. The molecule has 0 unspecified atom stereocenters. The monoisotopic (exact) mass is 280 g/mol. The maximum Gasteiger partial charge on any atom is 0.224 e. The molecule has 0 atom stereocenters. The zero-order valence-corrected chi connectivity index (χ0v) is 13.0. The Morgan fingerprint density at radius 2 is 2.26 bits per heavy atom. The van der Waals surface area contributed by atoms with Gasteiger partial charge in [-0.2, -0.15) is 16.7 Å². The highest BCUT2D eigenvalue weighted by Gasteiger charge is 2.24. The molecule has 106 valence electrons. The summed E-state index contributed by atoms with van der Waals surface area (Å²) in [5.41, 5.74) is 0. The Balaban J connectivity index is 2.04. The third kappa shape index (κ3) is 4.27. The average Bonchev–Trinajstić information content (AvgIpc) is 2.58. The highest BCUT2D eigenvalue weighted by molar-refractivity contribution is 8.00. The maximum absolute atomic E-state index is 4.62. The number of anilines is 2. The molecule has 0 radical (unpaired) electrons. The number of rotatable bonds is 4. The van der Waals surface area contributed by atoms with Crippen LogP contribution in [0.5, 0.6) is 0 Å². The van der Waals surface area contributed by atoms with E-state index in [1.165, 1.54) is 6.42 Å². The van der Waals surface area contributed by atoms with Crippen molar-refractivity contribution >= 4 is 23.5 Å². The van der Waals surface area contributed by atoms with Gasteiger partial charge in [0.1, 0.15) is 5.82 Å². The minimum atomic E-state index is 0.380. The van der Waals surface area contributed by atoms with Gasteiger partial charge in [-0.15, -0.1) is 0 Å². The van der Waals surface area contributed by atoms with Crippen molar-refractivity contribution in [3.8, 4) is 0 Å². The van der Waals surface area contributed by atoms with E-state index in [2.05, 4.69) is 52.7 Å². The molecule has 1 aromatic heterocycles. The van der Waals surface area contributed by atoms with E-state index in [1.54, 1.807) is 0 Å². The second-order valence-electron chi connectivity index (χ2n) is 5.51. The van der Waals surface area contributed by atoms with Gasteiger partial charge in [0.2, 0.25) is 5.95 Å². The summed E-state index contributed by atoms with van der Waals surface area (Å²) in [7, 11) is 0. The summed E-state index contributed by atoms with van der Waals surface area (Å²) in [6.07, 6.45) is 4.13. The maximum atomic E-state index is 4.62. The molecule has 1 saturated heterocycles. The Kier molecular flexibility index (Phi) is 4.91. The van der Waals surface area contributed by atoms with Crippen molar-refractivity contribution in [1.29, 1.82) is 0 Å². The summed E-state index contributed by atoms with van der Waals surface area (Å²) in [4.78, 5) is 11.3. The minimum absolute atomic E-state index is 0.380. The largest absolute Gasteiger partial charge is 0.356 e. The first kappa shape index (κ1) is 14.4. The smallest absolute Gasteiger partial charge is 0.224 e. The fourth-order valence-corrected chi connectivity index (χ4v) is 3.20. The fraction of sp³-hybridized carbons (Fsp3) is 0.714. The summed E-state index contributed by atoms with van der Waals surface area (Å²) in [5, 5.41) is 3.25. The van der Waals surface area contributed by atoms with Gasteiger partial charge in [-0.25, -0.2) is 4.98 Å². The quantitative estimate of drug-likeness (QED) is 0.918. The molecule has 0 spiro atoms. The van der Waals surface area contributed by atoms with E-state index in [1.807, 2.05) is 12.3 Å². The van der Waals surface area contributed by atoms with Crippen LogP contribution >= 0.6 is 11.8 Å². The van der Waals surface area contributed by atoms with Crippen LogP contribution in [0.15, 0.2) is 12.3 Å². The van der Waals surface area contributed by atoms with Gasteiger partial charge in [-0.1, -0.05) is 20.8 Å². The van der Waals surface area contributed by atoms with Crippen LogP contribution in [0.2, 0.25) is 0 Å². The predicted octanol–water partition coefficient (Wildman–Crippen LogP) is 3.02. The van der Waals surface area contributed by atoms with Crippen molar-refractivity contribution in [2.75, 3.05) is 35.6 Å². The van der Waals surface area contributed by atoms with E-state index >= 15 is 0 Å². The molecule has 1 aliphatic rings. The summed E-state index contributed by atoms with van der Waals surface area (Å²) in [6.45, 7) is 9.87. The number of nitrogens with zero attached hydrogens (tertiary/aromatic N) is 3. The normalized spacial score (nSPS) is 19.0. The van der Waals surface area contributed by atoms with Crippen LogP contribution in [0, 0.1) is 0 Å². The van der Waals surface area contributed by atoms with Gasteiger partial charge in [0.15, 0.2) is 0 Å². The Bertz CT molecular complexity index is 408. The van der Waals surface area contributed by atoms with Gasteiger partial charge in [0.25, 0.3) is 0 Å². The first-order chi connectivity index (χ1) is 9.11. The number of thioether (sulfide) groups is 1. The molecule has 2 rings (SSSR count). The Morgan fingerprint density at radius 3 is 3.05 bits per heavy atom. The van der Waals surface area contributed by atoms with E-state index in [4.69, 9.17) is 0 Å². The molecule has 2 heterocycles. The minimum Gasteiger partial charge on any atom is -0.356 e. The van der Waals surface area contributed by atoms with E-state index in [0.29, 0.717) is 4.75 Å². The van der Waals surface area contributed by atoms with Gasteiger partial charge in [-0.3, -0.25) is 0 Å². The lowest BCUT2D eigenvalue weighted by atomic mass is 10.1. The number of hydrogen-bond acceptors (Lipinski definition) is 5. The summed E-state index contributed by atoms with van der Waals surface area (Å²) in [6, 6.07) is 2.01. The van der Waals surface area contributed by atoms with Gasteiger partial charge < -0.3 is 10.2 Å².